The molecule has 2 aromatic carbocycles. The van der Waals surface area contributed by atoms with Crippen molar-refractivity contribution in [2.24, 2.45) is 5.41 Å². The maximum absolute atomic E-state index is 14.9. The third-order valence-corrected chi connectivity index (χ3v) is 6.44. The molecule has 35 heavy (non-hydrogen) atoms. The molecule has 1 aliphatic carbocycles. The van der Waals surface area contributed by atoms with Crippen LogP contribution in [0.1, 0.15) is 24.0 Å². The molecule has 5 rings (SSSR count). The minimum atomic E-state index is -1.04. The zero-order valence-corrected chi connectivity index (χ0v) is 19.2. The summed E-state index contributed by atoms with van der Waals surface area (Å²) in [5.41, 5.74) is 0.632. The van der Waals surface area contributed by atoms with E-state index in [-0.39, 0.29) is 41.1 Å². The number of pyridine rings is 2. The van der Waals surface area contributed by atoms with Gasteiger partial charge in [0.25, 0.3) is 0 Å². The van der Waals surface area contributed by atoms with Crippen molar-refractivity contribution in [3.05, 3.63) is 94.9 Å². The van der Waals surface area contributed by atoms with Gasteiger partial charge in [-0.25, -0.2) is 13.8 Å². The molecule has 176 valence electrons. The summed E-state index contributed by atoms with van der Waals surface area (Å²) < 4.78 is 33.7. The van der Waals surface area contributed by atoms with Gasteiger partial charge in [-0.1, -0.05) is 29.8 Å². The van der Waals surface area contributed by atoms with E-state index < -0.39 is 11.2 Å². The maximum atomic E-state index is 14.9. The fraction of sp³-hybridized carbons (Fsp3) is 0.185. The summed E-state index contributed by atoms with van der Waals surface area (Å²) in [6, 6.07) is 13.1. The topological polar surface area (TPSA) is 69.2 Å². The van der Waals surface area contributed by atoms with Gasteiger partial charge in [0, 0.05) is 31.3 Å². The lowest BCUT2D eigenvalue weighted by atomic mass is 9.88. The van der Waals surface area contributed by atoms with E-state index in [9.17, 15) is 18.4 Å². The van der Waals surface area contributed by atoms with Crippen LogP contribution in [0.4, 0.5) is 8.78 Å². The van der Waals surface area contributed by atoms with Crippen molar-refractivity contribution >= 4 is 34.1 Å². The van der Waals surface area contributed by atoms with Crippen molar-refractivity contribution in [1.82, 2.24) is 9.97 Å². The second-order valence-corrected chi connectivity index (χ2v) is 9.00. The Labute approximate surface area is 204 Å². The molecule has 0 aliphatic heterocycles. The smallest absolute Gasteiger partial charge is 0.166 e. The summed E-state index contributed by atoms with van der Waals surface area (Å²) in [5.74, 6) is -1.09. The molecule has 0 N–H and O–H groups in total. The van der Waals surface area contributed by atoms with Gasteiger partial charge in [-0.2, -0.15) is 0 Å². The van der Waals surface area contributed by atoms with E-state index in [4.69, 9.17) is 16.3 Å². The average molecular weight is 493 g/mol. The normalized spacial score (nSPS) is 14.0. The highest BCUT2D eigenvalue weighted by atomic mass is 35.5. The first-order valence-corrected chi connectivity index (χ1v) is 11.4. The van der Waals surface area contributed by atoms with Gasteiger partial charge in [-0.3, -0.25) is 14.6 Å². The SMILES string of the molecule is O=C(Cc1ccc(F)cc1)C1(C(=O)Cc2ccc(Oc3ccnc4cc(Cl)ncc34)c(F)c2)CC1. The van der Waals surface area contributed by atoms with E-state index in [1.807, 2.05) is 0 Å². The molecule has 1 saturated carbocycles. The zero-order chi connectivity index (χ0) is 24.6. The molecule has 4 aromatic rings. The second kappa shape index (κ2) is 9.15. The summed E-state index contributed by atoms with van der Waals surface area (Å²) in [4.78, 5) is 34.1. The van der Waals surface area contributed by atoms with Crippen molar-refractivity contribution in [2.45, 2.75) is 25.7 Å². The summed E-state index contributed by atoms with van der Waals surface area (Å²) in [6.45, 7) is 0. The Balaban J connectivity index is 1.29. The van der Waals surface area contributed by atoms with Gasteiger partial charge >= 0.3 is 0 Å². The molecule has 5 nitrogen and oxygen atoms in total. The van der Waals surface area contributed by atoms with E-state index in [2.05, 4.69) is 9.97 Å². The standard InChI is InChI=1S/C27H19ClF2N2O3/c28-26-14-21-19(15-32-26)22(7-10-31-21)35-23-6-3-17(11-20(23)30)13-25(34)27(8-9-27)24(33)12-16-1-4-18(29)5-2-16/h1-7,10-11,14-15H,8-9,12-13H2. The molecule has 8 heteroatoms. The molecule has 0 spiro atoms. The first-order chi connectivity index (χ1) is 16.8. The highest BCUT2D eigenvalue weighted by Gasteiger charge is 2.54. The highest BCUT2D eigenvalue weighted by Crippen LogP contribution is 2.49. The van der Waals surface area contributed by atoms with E-state index in [1.165, 1.54) is 36.7 Å². The van der Waals surface area contributed by atoms with Crippen LogP contribution < -0.4 is 4.74 Å². The minimum absolute atomic E-state index is 0.0165. The van der Waals surface area contributed by atoms with Gasteiger partial charge in [-0.05, 0) is 54.3 Å². The average Bonchev–Trinajstić information content (AvgIpc) is 3.65. The van der Waals surface area contributed by atoms with Crippen molar-refractivity contribution in [3.8, 4) is 11.5 Å². The molecule has 0 bridgehead atoms. The Bertz CT molecular complexity index is 1450. The van der Waals surface area contributed by atoms with Crippen LogP contribution in [0.15, 0.2) is 67.0 Å². The molecule has 0 saturated heterocycles. The van der Waals surface area contributed by atoms with E-state index in [0.717, 1.165) is 0 Å². The van der Waals surface area contributed by atoms with Crippen LogP contribution in [-0.4, -0.2) is 21.5 Å². The van der Waals surface area contributed by atoms with Crippen molar-refractivity contribution in [2.75, 3.05) is 0 Å². The number of hydrogen-bond donors (Lipinski definition) is 0. The highest BCUT2D eigenvalue weighted by molar-refractivity contribution is 6.30. The quantitative estimate of drug-likeness (QED) is 0.221. The number of fused-ring (bicyclic) bond motifs is 1. The van der Waals surface area contributed by atoms with E-state index >= 15 is 0 Å². The van der Waals surface area contributed by atoms with Gasteiger partial charge in [0.15, 0.2) is 23.1 Å². The summed E-state index contributed by atoms with van der Waals surface area (Å²) in [5, 5.41) is 0.859. The molecular weight excluding hydrogens is 474 g/mol. The van der Waals surface area contributed by atoms with Gasteiger partial charge in [0.1, 0.15) is 16.7 Å². The molecule has 0 amide bonds. The van der Waals surface area contributed by atoms with Crippen LogP contribution in [0.5, 0.6) is 11.5 Å². The number of halogens is 3. The van der Waals surface area contributed by atoms with Gasteiger partial charge in [-0.15, -0.1) is 0 Å². The van der Waals surface area contributed by atoms with Crippen molar-refractivity contribution in [3.63, 3.8) is 0 Å². The van der Waals surface area contributed by atoms with Crippen LogP contribution in [-0.2, 0) is 22.4 Å². The lowest BCUT2D eigenvalue weighted by Gasteiger charge is -2.14. The van der Waals surface area contributed by atoms with Crippen LogP contribution in [0.2, 0.25) is 5.15 Å². The molecule has 0 unspecified atom stereocenters. The first kappa shape index (κ1) is 23.1. The number of ketones is 2. The van der Waals surface area contributed by atoms with Crippen molar-refractivity contribution < 1.29 is 23.1 Å². The Morgan fingerprint density at radius 2 is 1.57 bits per heavy atom. The second-order valence-electron chi connectivity index (χ2n) is 8.61. The summed E-state index contributed by atoms with van der Waals surface area (Å²) in [7, 11) is 0. The minimum Gasteiger partial charge on any atom is -0.453 e. The number of ether oxygens (including phenoxy) is 1. The lowest BCUT2D eigenvalue weighted by molar-refractivity contribution is -0.133. The van der Waals surface area contributed by atoms with Crippen LogP contribution >= 0.6 is 11.6 Å². The van der Waals surface area contributed by atoms with E-state index in [1.54, 1.807) is 30.3 Å². The van der Waals surface area contributed by atoms with E-state index in [0.29, 0.717) is 40.6 Å². The fourth-order valence-electron chi connectivity index (χ4n) is 4.09. The summed E-state index contributed by atoms with van der Waals surface area (Å²) >= 11 is 5.90. The first-order valence-electron chi connectivity index (χ1n) is 11.0. The van der Waals surface area contributed by atoms with Gasteiger partial charge < -0.3 is 4.74 Å². The largest absolute Gasteiger partial charge is 0.453 e. The van der Waals surface area contributed by atoms with Crippen LogP contribution in [0.3, 0.4) is 0 Å². The number of aromatic nitrogens is 2. The number of hydrogen-bond acceptors (Lipinski definition) is 5. The number of carbonyl (C=O) groups is 2. The lowest BCUT2D eigenvalue weighted by Crippen LogP contribution is -2.28. The Kier molecular flexibility index (Phi) is 6.03. The zero-order valence-electron chi connectivity index (χ0n) is 18.4. The molecule has 2 heterocycles. The number of benzene rings is 2. The van der Waals surface area contributed by atoms with Gasteiger partial charge in [0.05, 0.1) is 16.3 Å². The summed E-state index contributed by atoms with van der Waals surface area (Å²) in [6.07, 6.45) is 3.98. The monoisotopic (exact) mass is 492 g/mol. The maximum Gasteiger partial charge on any atom is 0.166 e. The number of nitrogens with zero attached hydrogens (tertiary/aromatic N) is 2. The Morgan fingerprint density at radius 3 is 2.26 bits per heavy atom. The molecular formula is C27H19ClF2N2O3. The molecule has 0 radical (unpaired) electrons. The molecule has 1 aliphatic rings. The molecule has 1 fully saturated rings. The van der Waals surface area contributed by atoms with Crippen LogP contribution in [0, 0.1) is 17.0 Å². The molecule has 0 atom stereocenters. The number of Topliss-reactive ketones (excluding diaryl/α,β-unsaturated/α-hetero) is 2. The Morgan fingerprint density at radius 1 is 0.886 bits per heavy atom. The third-order valence-electron chi connectivity index (χ3n) is 6.23. The third kappa shape index (κ3) is 4.77. The number of carbonyl (C=O) groups excluding carboxylic acids is 2. The Hall–Kier alpha value is -3.71. The molecule has 2 aromatic heterocycles. The van der Waals surface area contributed by atoms with Crippen molar-refractivity contribution in [1.29, 1.82) is 0 Å². The van der Waals surface area contributed by atoms with Crippen LogP contribution in [0.25, 0.3) is 10.9 Å². The predicted molar refractivity (Wildman–Crippen MR) is 127 cm³/mol. The number of rotatable bonds is 8. The predicted octanol–water partition coefficient (Wildman–Crippen LogP) is 6.06. The van der Waals surface area contributed by atoms with Gasteiger partial charge in [0.2, 0.25) is 0 Å². The fourth-order valence-corrected chi connectivity index (χ4v) is 4.24.